The van der Waals surface area contributed by atoms with Gasteiger partial charge in [-0.2, -0.15) is 0 Å². The van der Waals surface area contributed by atoms with Gasteiger partial charge in [-0.25, -0.2) is 4.79 Å². The molecule has 92 valence electrons. The highest BCUT2D eigenvalue weighted by atomic mass is 16.5. The normalized spacial score (nSPS) is 13.6. The van der Waals surface area contributed by atoms with Gasteiger partial charge in [-0.05, 0) is 30.9 Å². The van der Waals surface area contributed by atoms with Crippen LogP contribution in [0.1, 0.15) is 27.9 Å². The molecule has 0 aliphatic heterocycles. The molecule has 3 rings (SSSR count). The number of hydrogen-bond donors (Lipinski definition) is 1. The largest absolute Gasteiger partial charge is 0.465 e. The zero-order valence-electron chi connectivity index (χ0n) is 9.95. The summed E-state index contributed by atoms with van der Waals surface area (Å²) in [6, 6.07) is 1.62. The van der Waals surface area contributed by atoms with Gasteiger partial charge in [-0.3, -0.25) is 9.78 Å². The van der Waals surface area contributed by atoms with Gasteiger partial charge in [-0.15, -0.1) is 0 Å². The first-order valence-electron chi connectivity index (χ1n) is 5.83. The third-order valence-electron chi connectivity index (χ3n) is 3.33. The maximum Gasteiger partial charge on any atom is 0.339 e. The summed E-state index contributed by atoms with van der Waals surface area (Å²) in [7, 11) is 1.32. The molecule has 1 aliphatic rings. The summed E-state index contributed by atoms with van der Waals surface area (Å²) >= 11 is 0. The molecule has 1 N–H and O–H groups in total. The quantitative estimate of drug-likeness (QED) is 0.765. The van der Waals surface area contributed by atoms with E-state index < -0.39 is 5.97 Å². The van der Waals surface area contributed by atoms with Crippen LogP contribution in [0.5, 0.6) is 0 Å². The van der Waals surface area contributed by atoms with Gasteiger partial charge in [0.1, 0.15) is 0 Å². The minimum Gasteiger partial charge on any atom is -0.465 e. The number of fused-ring (bicyclic) bond motifs is 3. The van der Waals surface area contributed by atoms with E-state index in [4.69, 9.17) is 0 Å². The van der Waals surface area contributed by atoms with Gasteiger partial charge < -0.3 is 9.72 Å². The maximum atomic E-state index is 11.9. The number of aromatic nitrogens is 2. The molecule has 0 radical (unpaired) electrons. The Bertz CT molecular complexity index is 703. The monoisotopic (exact) mass is 244 g/mol. The Morgan fingerprint density at radius 1 is 1.39 bits per heavy atom. The van der Waals surface area contributed by atoms with Crippen molar-refractivity contribution in [3.8, 4) is 0 Å². The fraction of sp³-hybridized carbons (Fsp3) is 0.308. The Labute approximate surface area is 103 Å². The molecule has 0 amide bonds. The van der Waals surface area contributed by atoms with E-state index in [0.717, 1.165) is 35.9 Å². The molecule has 5 heteroatoms. The molecule has 0 spiro atoms. The van der Waals surface area contributed by atoms with Gasteiger partial charge in [0, 0.05) is 11.8 Å². The Balaban J connectivity index is 2.28. The first kappa shape index (κ1) is 11.0. The second kappa shape index (κ2) is 3.94. The Morgan fingerprint density at radius 2 is 2.17 bits per heavy atom. The van der Waals surface area contributed by atoms with Crippen LogP contribution < -0.4 is 5.56 Å². The third-order valence-corrected chi connectivity index (χ3v) is 3.33. The Hall–Kier alpha value is -2.17. The lowest BCUT2D eigenvalue weighted by atomic mass is 10.1. The second-order valence-electron chi connectivity index (χ2n) is 4.38. The highest BCUT2D eigenvalue weighted by Gasteiger charge is 2.19. The van der Waals surface area contributed by atoms with E-state index in [2.05, 4.69) is 14.7 Å². The number of H-pyrrole nitrogens is 1. The SMILES string of the molecule is COC(=O)c1cnc2c3c(c(=O)[nH]c2c1)CCC3. The van der Waals surface area contributed by atoms with Crippen molar-refractivity contribution in [1.29, 1.82) is 0 Å². The molecule has 0 aromatic carbocycles. The summed E-state index contributed by atoms with van der Waals surface area (Å²) in [5.74, 6) is -0.453. The predicted octanol–water partition coefficient (Wildman–Crippen LogP) is 1.20. The maximum absolute atomic E-state index is 11.9. The zero-order valence-corrected chi connectivity index (χ0v) is 9.95. The minimum absolute atomic E-state index is 0.0705. The molecule has 1 aliphatic carbocycles. The van der Waals surface area contributed by atoms with Crippen molar-refractivity contribution in [1.82, 2.24) is 9.97 Å². The van der Waals surface area contributed by atoms with Crippen LogP contribution in [0, 0.1) is 0 Å². The van der Waals surface area contributed by atoms with E-state index in [1.807, 2.05) is 0 Å². The van der Waals surface area contributed by atoms with Crippen LogP contribution in [0.15, 0.2) is 17.1 Å². The predicted molar refractivity (Wildman–Crippen MR) is 65.7 cm³/mol. The average molecular weight is 244 g/mol. The second-order valence-corrected chi connectivity index (χ2v) is 4.38. The minimum atomic E-state index is -0.453. The third kappa shape index (κ3) is 1.51. The molecule has 0 saturated heterocycles. The molecule has 2 aromatic rings. The van der Waals surface area contributed by atoms with E-state index in [9.17, 15) is 9.59 Å². The zero-order chi connectivity index (χ0) is 12.7. The number of pyridine rings is 2. The lowest BCUT2D eigenvalue weighted by Gasteiger charge is -2.05. The molecule has 0 unspecified atom stereocenters. The molecule has 0 fully saturated rings. The molecule has 2 heterocycles. The number of esters is 1. The summed E-state index contributed by atoms with van der Waals surface area (Å²) in [5.41, 5.74) is 3.52. The molecule has 0 atom stereocenters. The topological polar surface area (TPSA) is 72.0 Å². The van der Waals surface area contributed by atoms with Crippen molar-refractivity contribution in [2.75, 3.05) is 7.11 Å². The van der Waals surface area contributed by atoms with Crippen LogP contribution in [-0.4, -0.2) is 23.0 Å². The van der Waals surface area contributed by atoms with Gasteiger partial charge in [0.15, 0.2) is 0 Å². The number of nitrogens with zero attached hydrogens (tertiary/aromatic N) is 1. The fourth-order valence-electron chi connectivity index (χ4n) is 2.48. The van der Waals surface area contributed by atoms with Crippen molar-refractivity contribution in [3.05, 3.63) is 39.3 Å². The summed E-state index contributed by atoms with van der Waals surface area (Å²) in [5, 5.41) is 0. The number of carbonyl (C=O) groups excluding carboxylic acids is 1. The fourth-order valence-corrected chi connectivity index (χ4v) is 2.48. The van der Waals surface area contributed by atoms with Gasteiger partial charge in [0.05, 0.1) is 23.7 Å². The molecule has 0 bridgehead atoms. The van der Waals surface area contributed by atoms with Crippen LogP contribution in [0.4, 0.5) is 0 Å². The van der Waals surface area contributed by atoms with Gasteiger partial charge in [0.2, 0.25) is 0 Å². The standard InChI is InChI=1S/C13H12N2O3/c1-18-13(17)7-5-10-11(14-6-7)8-3-2-4-9(8)12(16)15-10/h5-6H,2-4H2,1H3,(H,15,16). The smallest absolute Gasteiger partial charge is 0.339 e. The average Bonchev–Trinajstić information content (AvgIpc) is 2.87. The number of rotatable bonds is 1. The number of hydrogen-bond acceptors (Lipinski definition) is 4. The van der Waals surface area contributed by atoms with Crippen molar-refractivity contribution >= 4 is 17.0 Å². The molecule has 0 saturated carbocycles. The van der Waals surface area contributed by atoms with E-state index >= 15 is 0 Å². The highest BCUT2D eigenvalue weighted by molar-refractivity contribution is 5.93. The van der Waals surface area contributed by atoms with Crippen LogP contribution in [-0.2, 0) is 17.6 Å². The van der Waals surface area contributed by atoms with Gasteiger partial charge >= 0.3 is 5.97 Å². The van der Waals surface area contributed by atoms with Crippen LogP contribution in [0.2, 0.25) is 0 Å². The first-order valence-corrected chi connectivity index (χ1v) is 5.83. The van der Waals surface area contributed by atoms with E-state index in [-0.39, 0.29) is 5.56 Å². The van der Waals surface area contributed by atoms with Gasteiger partial charge in [0.25, 0.3) is 5.56 Å². The van der Waals surface area contributed by atoms with Crippen molar-refractivity contribution in [3.63, 3.8) is 0 Å². The summed E-state index contributed by atoms with van der Waals surface area (Å²) in [4.78, 5) is 30.4. The van der Waals surface area contributed by atoms with Crippen molar-refractivity contribution in [2.24, 2.45) is 0 Å². The molecule has 18 heavy (non-hydrogen) atoms. The number of aryl methyl sites for hydroxylation is 1. The highest BCUT2D eigenvalue weighted by Crippen LogP contribution is 2.24. The van der Waals surface area contributed by atoms with Crippen molar-refractivity contribution < 1.29 is 9.53 Å². The lowest BCUT2D eigenvalue weighted by Crippen LogP contribution is -2.13. The number of ether oxygens (including phenoxy) is 1. The van der Waals surface area contributed by atoms with Crippen LogP contribution in [0.3, 0.4) is 0 Å². The summed E-state index contributed by atoms with van der Waals surface area (Å²) in [6.07, 6.45) is 4.16. The Morgan fingerprint density at radius 3 is 2.94 bits per heavy atom. The molecular weight excluding hydrogens is 232 g/mol. The van der Waals surface area contributed by atoms with Crippen LogP contribution >= 0.6 is 0 Å². The van der Waals surface area contributed by atoms with E-state index in [1.54, 1.807) is 6.07 Å². The number of methoxy groups -OCH3 is 1. The van der Waals surface area contributed by atoms with E-state index in [1.165, 1.54) is 13.3 Å². The molecular formula is C13H12N2O3. The number of carbonyl (C=O) groups is 1. The lowest BCUT2D eigenvalue weighted by molar-refractivity contribution is 0.0600. The van der Waals surface area contributed by atoms with Crippen LogP contribution in [0.25, 0.3) is 11.0 Å². The summed E-state index contributed by atoms with van der Waals surface area (Å²) < 4.78 is 4.64. The van der Waals surface area contributed by atoms with Gasteiger partial charge in [-0.1, -0.05) is 0 Å². The van der Waals surface area contributed by atoms with Crippen molar-refractivity contribution in [2.45, 2.75) is 19.3 Å². The van der Waals surface area contributed by atoms with E-state index in [0.29, 0.717) is 11.1 Å². The molecule has 2 aromatic heterocycles. The first-order chi connectivity index (χ1) is 8.70. The summed E-state index contributed by atoms with van der Waals surface area (Å²) in [6.45, 7) is 0. The Kier molecular flexibility index (Phi) is 2.40. The number of nitrogens with one attached hydrogen (secondary N) is 1. The molecule has 5 nitrogen and oxygen atoms in total. The number of aromatic amines is 1.